The van der Waals surface area contributed by atoms with Crippen LogP contribution in [0.25, 0.3) is 22.5 Å². The lowest BCUT2D eigenvalue weighted by atomic mass is 9.84. The number of aromatic nitrogens is 6. The molecule has 514 valence electrons. The normalized spacial score (nSPS) is 14.9. The van der Waals surface area contributed by atoms with Gasteiger partial charge in [-0.3, -0.25) is 0 Å². The predicted octanol–water partition coefficient (Wildman–Crippen LogP) is 8.22. The van der Waals surface area contributed by atoms with Crippen LogP contribution in [0.5, 0.6) is 0 Å². The van der Waals surface area contributed by atoms with E-state index in [-0.39, 0.29) is 23.9 Å². The molecule has 2 aliphatic heterocycles. The van der Waals surface area contributed by atoms with Crippen LogP contribution in [0.1, 0.15) is 58.1 Å². The van der Waals surface area contributed by atoms with Gasteiger partial charge in [0.15, 0.2) is 0 Å². The van der Waals surface area contributed by atoms with Crippen LogP contribution in [0, 0.1) is 0 Å². The van der Waals surface area contributed by atoms with Gasteiger partial charge in [0.2, 0.25) is 0 Å². The van der Waals surface area contributed by atoms with Gasteiger partial charge in [0.05, 0.1) is 158 Å². The zero-order valence-corrected chi connectivity index (χ0v) is 56.9. The molecule has 4 amide bonds. The van der Waals surface area contributed by atoms with Crippen LogP contribution in [0.2, 0.25) is 20.1 Å². The molecular weight excluding hydrogens is 1290 g/mol. The number of halogens is 4. The number of benzene rings is 4. The minimum atomic E-state index is -0.275. The lowest BCUT2D eigenvalue weighted by Gasteiger charge is -2.33. The van der Waals surface area contributed by atoms with Crippen LogP contribution in [-0.2, 0) is 73.5 Å². The van der Waals surface area contributed by atoms with E-state index in [9.17, 15) is 9.59 Å². The number of nitrogens with one attached hydrogen (secondary N) is 4. The molecule has 2 atom stereocenters. The van der Waals surface area contributed by atoms with E-state index in [1.54, 1.807) is 9.36 Å². The number of rotatable bonds is 45. The van der Waals surface area contributed by atoms with Gasteiger partial charge in [0.1, 0.15) is 11.4 Å². The third-order valence-electron chi connectivity index (χ3n) is 15.4. The van der Waals surface area contributed by atoms with Crippen LogP contribution >= 0.6 is 46.4 Å². The molecule has 0 saturated carbocycles. The standard InChI is InChI=1S/C66H90Cl4N12O12/c1-79-43-57(55-39-53(67)41-61(69)59(55)45-79)49-7-5-9-51(37-49)63-47-81(77-75-63)15-19-87-23-27-91-31-35-93-33-29-89-25-21-85-17-13-73-65(83)71-11-3-4-12-72-66(84)74-14-18-86-22-26-90-30-34-94-36-32-92-28-24-88-20-16-82-48-64(76-78-82)52-10-6-8-50(38-52)58-44-80(2)46-60-56(58)40-54(68)42-62(60)70/h5-10,37-42,47-48,57-58H,3-4,11-36,43-46H2,1-2H3,(H2,71,73,83)(H2,72,74,84)/t57-,58-/m0/s1. The fraction of sp³-hybridized carbons (Fsp3) is 0.545. The number of hydrogen-bond acceptors (Lipinski definition) is 18. The second kappa shape index (κ2) is 42.1. The van der Waals surface area contributed by atoms with Crippen molar-refractivity contribution in [2.24, 2.45) is 0 Å². The first-order valence-corrected chi connectivity index (χ1v) is 33.6. The maximum Gasteiger partial charge on any atom is 0.314 e. The highest BCUT2D eigenvalue weighted by Gasteiger charge is 2.29. The molecular formula is C66H90Cl4N12O12. The summed E-state index contributed by atoms with van der Waals surface area (Å²) >= 11 is 26.0. The molecule has 6 aromatic rings. The van der Waals surface area contributed by atoms with Crippen molar-refractivity contribution in [3.63, 3.8) is 0 Å². The summed E-state index contributed by atoms with van der Waals surface area (Å²) in [7, 11) is 4.21. The van der Waals surface area contributed by atoms with Gasteiger partial charge in [-0.15, -0.1) is 10.2 Å². The number of ether oxygens (including phenoxy) is 10. The average molecular weight is 1390 g/mol. The molecule has 0 radical (unpaired) electrons. The van der Waals surface area contributed by atoms with Gasteiger partial charge in [-0.2, -0.15) is 0 Å². The average Bonchev–Trinajstić information content (AvgIpc) is 1.27. The minimum Gasteiger partial charge on any atom is -0.377 e. The van der Waals surface area contributed by atoms with Crippen molar-refractivity contribution in [2.45, 2.75) is 50.9 Å². The van der Waals surface area contributed by atoms with Crippen molar-refractivity contribution < 1.29 is 57.0 Å². The highest BCUT2D eigenvalue weighted by Crippen LogP contribution is 2.41. The Hall–Kier alpha value is -5.62. The molecule has 4 N–H and O–H groups in total. The Bertz CT molecular complexity index is 3000. The van der Waals surface area contributed by atoms with Gasteiger partial charge < -0.3 is 78.4 Å². The molecule has 0 unspecified atom stereocenters. The number of hydrogen-bond donors (Lipinski definition) is 4. The molecule has 24 nitrogen and oxygen atoms in total. The molecule has 4 aromatic carbocycles. The van der Waals surface area contributed by atoms with Crippen LogP contribution in [0.4, 0.5) is 9.59 Å². The zero-order chi connectivity index (χ0) is 66.0. The summed E-state index contributed by atoms with van der Waals surface area (Å²) in [6, 6.07) is 24.0. The van der Waals surface area contributed by atoms with E-state index in [2.05, 4.69) is 102 Å². The molecule has 2 aromatic heterocycles. The van der Waals surface area contributed by atoms with Gasteiger partial charge in [-0.05, 0) is 96.7 Å². The molecule has 94 heavy (non-hydrogen) atoms. The number of urea groups is 2. The van der Waals surface area contributed by atoms with E-state index >= 15 is 0 Å². The topological polar surface area (TPSA) is 242 Å². The fourth-order valence-corrected chi connectivity index (χ4v) is 11.8. The Morgan fingerprint density at radius 2 is 0.766 bits per heavy atom. The Morgan fingerprint density at radius 3 is 1.13 bits per heavy atom. The molecule has 0 fully saturated rings. The van der Waals surface area contributed by atoms with Crippen molar-refractivity contribution in [2.75, 3.05) is 186 Å². The fourth-order valence-electron chi connectivity index (χ4n) is 10.7. The zero-order valence-electron chi connectivity index (χ0n) is 53.9. The molecule has 8 rings (SSSR count). The van der Waals surface area contributed by atoms with Crippen LogP contribution in [-0.4, -0.2) is 237 Å². The van der Waals surface area contributed by atoms with E-state index in [1.807, 2.05) is 48.8 Å². The molecule has 28 heteroatoms. The second-order valence-electron chi connectivity index (χ2n) is 22.6. The summed E-state index contributed by atoms with van der Waals surface area (Å²) in [5.41, 5.74) is 10.5. The second-order valence-corrected chi connectivity index (χ2v) is 24.3. The Balaban J connectivity index is 0.500. The van der Waals surface area contributed by atoms with Gasteiger partial charge >= 0.3 is 12.1 Å². The molecule has 4 heterocycles. The predicted molar refractivity (Wildman–Crippen MR) is 360 cm³/mol. The summed E-state index contributed by atoms with van der Waals surface area (Å²) in [4.78, 5) is 28.7. The number of nitrogens with zero attached hydrogens (tertiary/aromatic N) is 8. The molecule has 0 bridgehead atoms. The van der Waals surface area contributed by atoms with Crippen molar-refractivity contribution in [1.82, 2.24) is 61.1 Å². The summed E-state index contributed by atoms with van der Waals surface area (Å²) < 4.78 is 59.7. The maximum atomic E-state index is 12.1. The molecule has 0 aliphatic carbocycles. The van der Waals surface area contributed by atoms with Crippen molar-refractivity contribution in [3.05, 3.63) is 139 Å². The number of amides is 4. The van der Waals surface area contributed by atoms with Gasteiger partial charge in [-0.25, -0.2) is 19.0 Å². The summed E-state index contributed by atoms with van der Waals surface area (Å²) in [5.74, 6) is 0.274. The monoisotopic (exact) mass is 1380 g/mol. The van der Waals surface area contributed by atoms with E-state index in [1.165, 1.54) is 22.3 Å². The van der Waals surface area contributed by atoms with Gasteiger partial charge in [0.25, 0.3) is 0 Å². The largest absolute Gasteiger partial charge is 0.377 e. The first-order chi connectivity index (χ1) is 46.0. The van der Waals surface area contributed by atoms with Crippen molar-refractivity contribution in [3.8, 4) is 22.5 Å². The van der Waals surface area contributed by atoms with E-state index in [0.717, 1.165) is 59.8 Å². The Morgan fingerprint density at radius 1 is 0.436 bits per heavy atom. The number of carbonyl (C=O) groups is 2. The number of unbranched alkanes of at least 4 members (excludes halogenated alkanes) is 1. The molecule has 0 spiro atoms. The molecule has 0 saturated heterocycles. The highest BCUT2D eigenvalue weighted by atomic mass is 35.5. The summed E-state index contributed by atoms with van der Waals surface area (Å²) in [6.45, 7) is 14.8. The van der Waals surface area contributed by atoms with E-state index in [0.29, 0.717) is 204 Å². The third-order valence-corrected chi connectivity index (χ3v) is 16.5. The highest BCUT2D eigenvalue weighted by molar-refractivity contribution is 6.35. The summed E-state index contributed by atoms with van der Waals surface area (Å²) in [5, 5.41) is 31.3. The van der Waals surface area contributed by atoms with Crippen LogP contribution in [0.15, 0.2) is 85.2 Å². The quantitative estimate of drug-likeness (QED) is 0.0263. The van der Waals surface area contributed by atoms with Crippen LogP contribution in [0.3, 0.4) is 0 Å². The summed E-state index contributed by atoms with van der Waals surface area (Å²) in [6.07, 6.45) is 5.28. The minimum absolute atomic E-state index is 0.137. The maximum absolute atomic E-state index is 12.1. The Labute approximate surface area is 571 Å². The Kier molecular flexibility index (Phi) is 33.3. The smallest absolute Gasteiger partial charge is 0.314 e. The molecule has 2 aliphatic rings. The SMILES string of the molecule is CN1Cc2c(Cl)cc(Cl)cc2[C@H](c2cccc(-c3cn(CCOCCOCCOCCOCCOCCNC(=O)NCCCCNC(=O)NCCOCCOCCOCCOCCOCCn4cc(-c5cccc([C@@H]6CN(C)Cc7c(Cl)cc(Cl)cc76)c5)nn4)nn3)c2)C1. The lowest BCUT2D eigenvalue weighted by molar-refractivity contribution is -0.0113. The lowest BCUT2D eigenvalue weighted by Crippen LogP contribution is -2.39. The first-order valence-electron chi connectivity index (χ1n) is 32.1. The number of likely N-dealkylation sites (N-methyl/N-ethyl adjacent to an activating group) is 2. The van der Waals surface area contributed by atoms with Crippen LogP contribution < -0.4 is 21.3 Å². The van der Waals surface area contributed by atoms with E-state index < -0.39 is 0 Å². The van der Waals surface area contributed by atoms with Gasteiger partial charge in [-0.1, -0.05) is 93.2 Å². The number of carbonyl (C=O) groups excluding carboxylic acids is 2. The third kappa shape index (κ3) is 26.1. The van der Waals surface area contributed by atoms with Gasteiger partial charge in [0, 0.05) is 95.4 Å². The number of fused-ring (bicyclic) bond motifs is 2. The van der Waals surface area contributed by atoms with Crippen molar-refractivity contribution in [1.29, 1.82) is 0 Å². The van der Waals surface area contributed by atoms with Crippen molar-refractivity contribution >= 4 is 58.5 Å². The first kappa shape index (κ1) is 74.2. The van der Waals surface area contributed by atoms with E-state index in [4.69, 9.17) is 93.8 Å².